The summed E-state index contributed by atoms with van der Waals surface area (Å²) in [6.45, 7) is 1.49. The number of hydrogen-bond acceptors (Lipinski definition) is 3. The number of carboxylic acids is 1. The van der Waals surface area contributed by atoms with E-state index in [1.165, 1.54) is 26.2 Å². The first-order valence-corrected chi connectivity index (χ1v) is 4.33. The molecule has 0 saturated carbocycles. The van der Waals surface area contributed by atoms with E-state index in [1.54, 1.807) is 12.1 Å². The fourth-order valence-electron chi connectivity index (χ4n) is 1.11. The zero-order valence-corrected chi connectivity index (χ0v) is 8.52. The molecule has 1 aromatic carbocycles. The molecule has 4 nitrogen and oxygen atoms in total. The Kier molecular flexibility index (Phi) is 3.33. The summed E-state index contributed by atoms with van der Waals surface area (Å²) in [4.78, 5) is 10.6. The summed E-state index contributed by atoms with van der Waals surface area (Å²) in [5.74, 6) is -0.630. The smallest absolute Gasteiger partial charge is 0.331 e. The van der Waals surface area contributed by atoms with Crippen LogP contribution in [0.3, 0.4) is 0 Å². The molecule has 0 unspecified atom stereocenters. The van der Waals surface area contributed by atoms with Crippen LogP contribution >= 0.6 is 0 Å². The molecule has 0 radical (unpaired) electrons. The molecule has 4 heteroatoms. The molecule has 80 valence electrons. The molecule has 1 rings (SSSR count). The molecule has 0 aliphatic carbocycles. The first-order valence-electron chi connectivity index (χ1n) is 4.33. The van der Waals surface area contributed by atoms with Gasteiger partial charge >= 0.3 is 5.97 Å². The molecule has 2 N–H and O–H groups in total. The molecule has 0 fully saturated rings. The van der Waals surface area contributed by atoms with Gasteiger partial charge in [-0.1, -0.05) is 6.07 Å². The van der Waals surface area contributed by atoms with Gasteiger partial charge in [0.05, 0.1) is 7.11 Å². The lowest BCUT2D eigenvalue weighted by Gasteiger charge is -2.03. The van der Waals surface area contributed by atoms with Gasteiger partial charge in [0.1, 0.15) is 0 Å². The van der Waals surface area contributed by atoms with E-state index < -0.39 is 5.97 Å². The Morgan fingerprint density at radius 3 is 2.60 bits per heavy atom. The fraction of sp³-hybridized carbons (Fsp3) is 0.182. The highest BCUT2D eigenvalue weighted by molar-refractivity contribution is 5.91. The summed E-state index contributed by atoms with van der Waals surface area (Å²) in [5.41, 5.74) is 0.827. The van der Waals surface area contributed by atoms with E-state index in [0.29, 0.717) is 11.3 Å². The van der Waals surface area contributed by atoms with E-state index in [1.807, 2.05) is 0 Å². The number of ether oxygens (including phenoxy) is 1. The predicted octanol–water partition coefficient (Wildman–Crippen LogP) is 1.89. The van der Waals surface area contributed by atoms with Crippen molar-refractivity contribution in [1.29, 1.82) is 0 Å². The van der Waals surface area contributed by atoms with Gasteiger partial charge in [-0.3, -0.25) is 0 Å². The Morgan fingerprint density at radius 1 is 1.47 bits per heavy atom. The van der Waals surface area contributed by atoms with Gasteiger partial charge in [-0.15, -0.1) is 0 Å². The number of benzene rings is 1. The minimum atomic E-state index is -0.981. The van der Waals surface area contributed by atoms with E-state index in [2.05, 4.69) is 0 Å². The van der Waals surface area contributed by atoms with Crippen LogP contribution in [0.5, 0.6) is 11.5 Å². The van der Waals surface area contributed by atoms with Crippen LogP contribution in [0.4, 0.5) is 0 Å². The van der Waals surface area contributed by atoms with Crippen molar-refractivity contribution in [3.8, 4) is 11.5 Å². The number of aliphatic carboxylic acids is 1. The van der Waals surface area contributed by atoms with Crippen molar-refractivity contribution in [3.63, 3.8) is 0 Å². The van der Waals surface area contributed by atoms with Crippen LogP contribution in [-0.4, -0.2) is 23.3 Å². The molecular formula is C11H12O4. The van der Waals surface area contributed by atoms with Crippen LogP contribution in [0, 0.1) is 0 Å². The van der Waals surface area contributed by atoms with Crippen LogP contribution in [0.2, 0.25) is 0 Å². The van der Waals surface area contributed by atoms with Gasteiger partial charge < -0.3 is 14.9 Å². The Balaban J connectivity index is 3.03. The maximum atomic E-state index is 10.6. The maximum absolute atomic E-state index is 10.6. The minimum Gasteiger partial charge on any atom is -0.504 e. The highest BCUT2D eigenvalue weighted by Crippen LogP contribution is 2.27. The lowest BCUT2D eigenvalue weighted by Crippen LogP contribution is -1.95. The third-order valence-electron chi connectivity index (χ3n) is 1.92. The largest absolute Gasteiger partial charge is 0.504 e. The lowest BCUT2D eigenvalue weighted by atomic mass is 10.1. The second kappa shape index (κ2) is 4.50. The van der Waals surface area contributed by atoms with E-state index in [0.717, 1.165) is 0 Å². The molecule has 0 aromatic heterocycles. The summed E-state index contributed by atoms with van der Waals surface area (Å²) in [7, 11) is 1.45. The number of hydrogen-bond donors (Lipinski definition) is 2. The molecule has 0 spiro atoms. The molecule has 0 aliphatic heterocycles. The van der Waals surface area contributed by atoms with E-state index >= 15 is 0 Å². The SMILES string of the molecule is COc1ccc(C=C(C)C(=O)O)cc1O. The molecule has 0 saturated heterocycles. The monoisotopic (exact) mass is 208 g/mol. The summed E-state index contributed by atoms with van der Waals surface area (Å²) < 4.78 is 4.87. The normalized spacial score (nSPS) is 11.2. The van der Waals surface area contributed by atoms with Crippen LogP contribution in [0.25, 0.3) is 6.08 Å². The van der Waals surface area contributed by atoms with Crippen molar-refractivity contribution >= 4 is 12.0 Å². The zero-order valence-electron chi connectivity index (χ0n) is 8.52. The molecule has 0 bridgehead atoms. The zero-order chi connectivity index (χ0) is 11.4. The first-order chi connectivity index (χ1) is 7.04. The first kappa shape index (κ1) is 11.1. The van der Waals surface area contributed by atoms with E-state index in [9.17, 15) is 9.90 Å². The van der Waals surface area contributed by atoms with Crippen LogP contribution in [0.15, 0.2) is 23.8 Å². The van der Waals surface area contributed by atoms with Crippen molar-refractivity contribution in [3.05, 3.63) is 29.3 Å². The molecule has 0 heterocycles. The number of phenolic OH excluding ortho intramolecular Hbond substituents is 1. The maximum Gasteiger partial charge on any atom is 0.331 e. The Hall–Kier alpha value is -1.97. The minimum absolute atomic E-state index is 0.00978. The molecule has 1 aromatic rings. The standard InChI is InChI=1S/C11H12O4/c1-7(11(13)14)5-8-3-4-10(15-2)9(12)6-8/h3-6,12H,1-2H3,(H,13,14). The van der Waals surface area contributed by atoms with Crippen molar-refractivity contribution in [2.45, 2.75) is 6.92 Å². The number of phenols is 1. The van der Waals surface area contributed by atoms with Crippen molar-refractivity contribution in [1.82, 2.24) is 0 Å². The molecule has 15 heavy (non-hydrogen) atoms. The summed E-state index contributed by atoms with van der Waals surface area (Å²) in [5, 5.41) is 18.1. The van der Waals surface area contributed by atoms with Gasteiger partial charge in [0, 0.05) is 5.57 Å². The molecule has 0 atom stereocenters. The van der Waals surface area contributed by atoms with Crippen molar-refractivity contribution in [2.75, 3.05) is 7.11 Å². The number of carboxylic acid groups (broad SMARTS) is 1. The van der Waals surface area contributed by atoms with Gasteiger partial charge in [0.2, 0.25) is 0 Å². The molecule has 0 aliphatic rings. The Bertz CT molecular complexity index is 407. The summed E-state index contributed by atoms with van der Waals surface area (Å²) in [6.07, 6.45) is 1.47. The second-order valence-corrected chi connectivity index (χ2v) is 3.06. The topological polar surface area (TPSA) is 66.8 Å². The van der Waals surface area contributed by atoms with Crippen molar-refractivity contribution in [2.24, 2.45) is 0 Å². The molecular weight excluding hydrogens is 196 g/mol. The summed E-state index contributed by atoms with van der Waals surface area (Å²) in [6, 6.07) is 4.70. The van der Waals surface area contributed by atoms with Crippen LogP contribution in [0.1, 0.15) is 12.5 Å². The van der Waals surface area contributed by atoms with Crippen molar-refractivity contribution < 1.29 is 19.7 Å². The lowest BCUT2D eigenvalue weighted by molar-refractivity contribution is -0.132. The average Bonchev–Trinajstić information content (AvgIpc) is 2.18. The van der Waals surface area contributed by atoms with Gasteiger partial charge in [-0.2, -0.15) is 0 Å². The van der Waals surface area contributed by atoms with E-state index in [-0.39, 0.29) is 11.3 Å². The van der Waals surface area contributed by atoms with E-state index in [4.69, 9.17) is 9.84 Å². The Labute approximate surface area is 87.4 Å². The number of aromatic hydroxyl groups is 1. The Morgan fingerprint density at radius 2 is 2.13 bits per heavy atom. The highest BCUT2D eigenvalue weighted by atomic mass is 16.5. The van der Waals surface area contributed by atoms with Crippen LogP contribution < -0.4 is 4.74 Å². The van der Waals surface area contributed by atoms with Gasteiger partial charge in [0.25, 0.3) is 0 Å². The van der Waals surface area contributed by atoms with Crippen LogP contribution in [-0.2, 0) is 4.79 Å². The van der Waals surface area contributed by atoms with Gasteiger partial charge in [-0.05, 0) is 30.7 Å². The third-order valence-corrected chi connectivity index (χ3v) is 1.92. The number of methoxy groups -OCH3 is 1. The number of rotatable bonds is 3. The predicted molar refractivity (Wildman–Crippen MR) is 55.9 cm³/mol. The molecule has 0 amide bonds. The van der Waals surface area contributed by atoms with Gasteiger partial charge in [0.15, 0.2) is 11.5 Å². The fourth-order valence-corrected chi connectivity index (χ4v) is 1.11. The average molecular weight is 208 g/mol. The summed E-state index contributed by atoms with van der Waals surface area (Å²) >= 11 is 0. The quantitative estimate of drug-likeness (QED) is 0.744. The highest BCUT2D eigenvalue weighted by Gasteiger charge is 2.03. The second-order valence-electron chi connectivity index (χ2n) is 3.06. The van der Waals surface area contributed by atoms with Gasteiger partial charge in [-0.25, -0.2) is 4.79 Å². The number of carbonyl (C=O) groups is 1. The third kappa shape index (κ3) is 2.74.